The zero-order valence-electron chi connectivity index (χ0n) is 14.8. The fourth-order valence-corrected chi connectivity index (χ4v) is 3.00. The van der Waals surface area contributed by atoms with Crippen LogP contribution in [0.1, 0.15) is 5.56 Å². The van der Waals surface area contributed by atoms with Crippen LogP contribution in [0.15, 0.2) is 29.3 Å². The largest absolute Gasteiger partial charge is 0.356 e. The molecule has 136 valence electrons. The predicted octanol–water partition coefficient (Wildman–Crippen LogP) is 1.91. The molecule has 1 unspecified atom stereocenters. The number of rotatable bonds is 5. The van der Waals surface area contributed by atoms with E-state index >= 15 is 0 Å². The highest BCUT2D eigenvalue weighted by Gasteiger charge is 2.21. The van der Waals surface area contributed by atoms with Gasteiger partial charge in [-0.15, -0.1) is 24.0 Å². The molecular weight excluding hydrogens is 437 g/mol. The van der Waals surface area contributed by atoms with Gasteiger partial charge in [-0.25, -0.2) is 0 Å². The summed E-state index contributed by atoms with van der Waals surface area (Å²) in [6, 6.07) is 8.48. The Morgan fingerprint density at radius 3 is 2.71 bits per heavy atom. The standard InChI is InChI=1S/C17H28ClN5.HI/c1-19-17(20-9-8-14-6-4-5-7-16(14)18)21-12-15-13-22(2)10-11-23(15)3;/h4-7,15H,8-13H2,1-3H3,(H2,19,20,21);1H. The number of nitrogens with zero attached hydrogens (tertiary/aromatic N) is 3. The predicted molar refractivity (Wildman–Crippen MR) is 114 cm³/mol. The molecule has 0 spiro atoms. The normalized spacial score (nSPS) is 19.7. The lowest BCUT2D eigenvalue weighted by atomic mass is 10.1. The number of aliphatic imine (C=N–C) groups is 1. The van der Waals surface area contributed by atoms with Gasteiger partial charge in [0.2, 0.25) is 0 Å². The van der Waals surface area contributed by atoms with Crippen LogP contribution in [-0.2, 0) is 6.42 Å². The van der Waals surface area contributed by atoms with Gasteiger partial charge in [0.05, 0.1) is 0 Å². The number of guanidine groups is 1. The van der Waals surface area contributed by atoms with Crippen LogP contribution in [0, 0.1) is 0 Å². The minimum absolute atomic E-state index is 0. The molecule has 0 saturated carbocycles. The molecule has 2 rings (SSSR count). The first kappa shape index (κ1) is 21.5. The molecule has 1 heterocycles. The van der Waals surface area contributed by atoms with Crippen LogP contribution in [0.5, 0.6) is 0 Å². The molecule has 5 nitrogen and oxygen atoms in total. The summed E-state index contributed by atoms with van der Waals surface area (Å²) in [6.07, 6.45) is 0.881. The van der Waals surface area contributed by atoms with Crippen LogP contribution in [-0.4, -0.2) is 75.7 Å². The van der Waals surface area contributed by atoms with Crippen molar-refractivity contribution < 1.29 is 0 Å². The van der Waals surface area contributed by atoms with E-state index in [0.717, 1.165) is 55.7 Å². The Bertz CT molecular complexity index is 525. The van der Waals surface area contributed by atoms with Crippen LogP contribution in [0.3, 0.4) is 0 Å². The van der Waals surface area contributed by atoms with E-state index in [0.29, 0.717) is 6.04 Å². The highest BCUT2D eigenvalue weighted by Crippen LogP contribution is 2.14. The van der Waals surface area contributed by atoms with Crippen molar-refractivity contribution in [1.29, 1.82) is 0 Å². The first-order chi connectivity index (χ1) is 11.1. The van der Waals surface area contributed by atoms with Gasteiger partial charge in [0.1, 0.15) is 0 Å². The van der Waals surface area contributed by atoms with Crippen LogP contribution in [0.2, 0.25) is 5.02 Å². The van der Waals surface area contributed by atoms with E-state index in [1.165, 1.54) is 0 Å². The Hall–Kier alpha value is -0.570. The smallest absolute Gasteiger partial charge is 0.191 e. The van der Waals surface area contributed by atoms with Gasteiger partial charge >= 0.3 is 0 Å². The molecule has 1 aliphatic heterocycles. The van der Waals surface area contributed by atoms with Gasteiger partial charge < -0.3 is 15.5 Å². The highest BCUT2D eigenvalue weighted by atomic mass is 127. The summed E-state index contributed by atoms with van der Waals surface area (Å²) < 4.78 is 0. The minimum atomic E-state index is 0. The van der Waals surface area contributed by atoms with Crippen molar-refractivity contribution in [3.8, 4) is 0 Å². The van der Waals surface area contributed by atoms with Crippen LogP contribution in [0.4, 0.5) is 0 Å². The molecule has 1 aromatic rings. The van der Waals surface area contributed by atoms with E-state index in [4.69, 9.17) is 11.6 Å². The molecule has 1 aromatic carbocycles. The zero-order valence-corrected chi connectivity index (χ0v) is 17.8. The third-order valence-electron chi connectivity index (χ3n) is 4.35. The van der Waals surface area contributed by atoms with Crippen LogP contribution in [0.25, 0.3) is 0 Å². The minimum Gasteiger partial charge on any atom is -0.356 e. The molecule has 0 bridgehead atoms. The fraction of sp³-hybridized carbons (Fsp3) is 0.588. The Balaban J connectivity index is 0.00000288. The maximum Gasteiger partial charge on any atom is 0.191 e. The number of likely N-dealkylation sites (N-methyl/N-ethyl adjacent to an activating group) is 2. The lowest BCUT2D eigenvalue weighted by Gasteiger charge is -2.37. The number of hydrogen-bond donors (Lipinski definition) is 2. The average molecular weight is 466 g/mol. The highest BCUT2D eigenvalue weighted by molar-refractivity contribution is 14.0. The molecule has 0 amide bonds. The first-order valence-electron chi connectivity index (χ1n) is 8.17. The average Bonchev–Trinajstić information content (AvgIpc) is 2.55. The van der Waals surface area contributed by atoms with E-state index < -0.39 is 0 Å². The zero-order chi connectivity index (χ0) is 16.7. The summed E-state index contributed by atoms with van der Waals surface area (Å²) >= 11 is 6.18. The van der Waals surface area contributed by atoms with Gasteiger partial charge in [-0.1, -0.05) is 29.8 Å². The van der Waals surface area contributed by atoms with Crippen molar-refractivity contribution in [3.05, 3.63) is 34.9 Å². The number of halogens is 2. The second-order valence-electron chi connectivity index (χ2n) is 6.12. The van der Waals surface area contributed by atoms with E-state index in [-0.39, 0.29) is 24.0 Å². The number of piperazine rings is 1. The molecule has 2 N–H and O–H groups in total. The Morgan fingerprint density at radius 2 is 2.00 bits per heavy atom. The summed E-state index contributed by atoms with van der Waals surface area (Å²) in [5.41, 5.74) is 1.16. The van der Waals surface area contributed by atoms with Gasteiger partial charge in [0.25, 0.3) is 0 Å². The van der Waals surface area contributed by atoms with Crippen molar-refractivity contribution in [2.24, 2.45) is 4.99 Å². The lowest BCUT2D eigenvalue weighted by Crippen LogP contribution is -2.55. The molecule has 1 fully saturated rings. The monoisotopic (exact) mass is 465 g/mol. The van der Waals surface area contributed by atoms with E-state index in [2.05, 4.69) is 45.6 Å². The summed E-state index contributed by atoms with van der Waals surface area (Å²) in [7, 11) is 6.17. The molecule has 0 aliphatic carbocycles. The summed E-state index contributed by atoms with van der Waals surface area (Å²) in [4.78, 5) is 9.08. The number of nitrogens with one attached hydrogen (secondary N) is 2. The maximum atomic E-state index is 6.18. The molecule has 0 aromatic heterocycles. The third kappa shape index (κ3) is 6.74. The Kier molecular flexibility index (Phi) is 9.95. The summed E-state index contributed by atoms with van der Waals surface area (Å²) in [5, 5.41) is 7.61. The first-order valence-corrected chi connectivity index (χ1v) is 8.54. The van der Waals surface area contributed by atoms with Crippen molar-refractivity contribution in [3.63, 3.8) is 0 Å². The third-order valence-corrected chi connectivity index (χ3v) is 4.72. The van der Waals surface area contributed by atoms with Gasteiger partial charge in [-0.05, 0) is 32.1 Å². The van der Waals surface area contributed by atoms with Gasteiger partial charge in [0.15, 0.2) is 5.96 Å². The Labute approximate surface area is 167 Å². The summed E-state index contributed by atoms with van der Waals surface area (Å²) in [6.45, 7) is 5.04. The van der Waals surface area contributed by atoms with Gasteiger partial charge in [-0.3, -0.25) is 9.89 Å². The fourth-order valence-electron chi connectivity index (χ4n) is 2.77. The van der Waals surface area contributed by atoms with Crippen molar-refractivity contribution >= 4 is 41.5 Å². The number of hydrogen-bond acceptors (Lipinski definition) is 3. The molecule has 24 heavy (non-hydrogen) atoms. The van der Waals surface area contributed by atoms with Crippen molar-refractivity contribution in [2.75, 3.05) is 53.9 Å². The Morgan fingerprint density at radius 1 is 1.25 bits per heavy atom. The van der Waals surface area contributed by atoms with E-state index in [1.54, 1.807) is 0 Å². The topological polar surface area (TPSA) is 42.9 Å². The van der Waals surface area contributed by atoms with Crippen molar-refractivity contribution in [1.82, 2.24) is 20.4 Å². The lowest BCUT2D eigenvalue weighted by molar-refractivity contribution is 0.116. The van der Waals surface area contributed by atoms with E-state index in [1.807, 2.05) is 25.2 Å². The molecule has 1 aliphatic rings. The summed E-state index contributed by atoms with van der Waals surface area (Å²) in [5.74, 6) is 0.846. The van der Waals surface area contributed by atoms with E-state index in [9.17, 15) is 0 Å². The van der Waals surface area contributed by atoms with Crippen LogP contribution >= 0.6 is 35.6 Å². The molecule has 0 radical (unpaired) electrons. The maximum absolute atomic E-state index is 6.18. The second kappa shape index (κ2) is 11.1. The van der Waals surface area contributed by atoms with Gasteiger partial charge in [-0.2, -0.15) is 0 Å². The van der Waals surface area contributed by atoms with Crippen molar-refractivity contribution in [2.45, 2.75) is 12.5 Å². The number of benzene rings is 1. The second-order valence-corrected chi connectivity index (χ2v) is 6.53. The van der Waals surface area contributed by atoms with Gasteiger partial charge in [0, 0.05) is 50.8 Å². The van der Waals surface area contributed by atoms with Crippen LogP contribution < -0.4 is 10.6 Å². The molecule has 7 heteroatoms. The molecular formula is C17H29ClIN5. The molecule has 1 atom stereocenters. The molecule has 1 saturated heterocycles. The quantitative estimate of drug-likeness (QED) is 0.396. The SMILES string of the molecule is CN=C(NCCc1ccccc1Cl)NCC1CN(C)CCN1C.I.